The van der Waals surface area contributed by atoms with Crippen LogP contribution in [0.4, 0.5) is 0 Å². The molecule has 4 nitrogen and oxygen atoms in total. The standard InChI is InChI=1S/C11H26NO3P/c1-3-5-9-12-10-7-6-8-11-16(13,14)15-4-2/h12H,3-11H2,1-2H3,(H,13,14). The first kappa shape index (κ1) is 16.1. The van der Waals surface area contributed by atoms with Gasteiger partial charge in [-0.25, -0.2) is 0 Å². The van der Waals surface area contributed by atoms with Crippen LogP contribution in [0.25, 0.3) is 0 Å². The van der Waals surface area contributed by atoms with Crippen molar-refractivity contribution in [2.45, 2.75) is 46.0 Å². The molecule has 5 heteroatoms. The minimum Gasteiger partial charge on any atom is -0.324 e. The van der Waals surface area contributed by atoms with Gasteiger partial charge in [0, 0.05) is 6.16 Å². The molecule has 0 rings (SSSR count). The van der Waals surface area contributed by atoms with E-state index in [0.717, 1.165) is 32.4 Å². The van der Waals surface area contributed by atoms with Crippen LogP contribution in [0.15, 0.2) is 0 Å². The minimum absolute atomic E-state index is 0.288. The molecule has 0 aromatic heterocycles. The second kappa shape index (κ2) is 10.3. The van der Waals surface area contributed by atoms with Gasteiger partial charge in [0.2, 0.25) is 0 Å². The molecule has 0 fully saturated rings. The highest BCUT2D eigenvalue weighted by molar-refractivity contribution is 7.52. The molecule has 0 aromatic rings. The van der Waals surface area contributed by atoms with Gasteiger partial charge in [0.05, 0.1) is 6.61 Å². The lowest BCUT2D eigenvalue weighted by Crippen LogP contribution is -2.16. The van der Waals surface area contributed by atoms with E-state index < -0.39 is 7.60 Å². The van der Waals surface area contributed by atoms with Gasteiger partial charge in [0.15, 0.2) is 0 Å². The molecule has 0 amide bonds. The number of rotatable bonds is 11. The largest absolute Gasteiger partial charge is 0.328 e. The van der Waals surface area contributed by atoms with Crippen LogP contribution in [0.3, 0.4) is 0 Å². The van der Waals surface area contributed by atoms with Crippen LogP contribution in [0.1, 0.15) is 46.0 Å². The highest BCUT2D eigenvalue weighted by atomic mass is 31.2. The minimum atomic E-state index is -3.28. The lowest BCUT2D eigenvalue weighted by Gasteiger charge is -2.10. The first-order chi connectivity index (χ1) is 7.62. The molecule has 0 heterocycles. The van der Waals surface area contributed by atoms with E-state index >= 15 is 0 Å². The van der Waals surface area contributed by atoms with Crippen LogP contribution in [0, 0.1) is 0 Å². The first-order valence-corrected chi connectivity index (χ1v) is 8.05. The zero-order valence-corrected chi connectivity index (χ0v) is 11.5. The lowest BCUT2D eigenvalue weighted by molar-refractivity contribution is 0.273. The number of hydrogen-bond acceptors (Lipinski definition) is 3. The summed E-state index contributed by atoms with van der Waals surface area (Å²) in [5.74, 6) is 0. The Morgan fingerprint density at radius 3 is 2.44 bits per heavy atom. The number of unbranched alkanes of at least 4 members (excludes halogenated alkanes) is 3. The van der Waals surface area contributed by atoms with Crippen molar-refractivity contribution in [3.05, 3.63) is 0 Å². The van der Waals surface area contributed by atoms with Crippen molar-refractivity contribution in [3.63, 3.8) is 0 Å². The Bertz CT molecular complexity index is 200. The molecule has 0 bridgehead atoms. The van der Waals surface area contributed by atoms with E-state index in [1.165, 1.54) is 12.8 Å². The van der Waals surface area contributed by atoms with Crippen molar-refractivity contribution in [2.75, 3.05) is 25.9 Å². The van der Waals surface area contributed by atoms with Crippen LogP contribution < -0.4 is 5.32 Å². The van der Waals surface area contributed by atoms with Gasteiger partial charge in [0.1, 0.15) is 0 Å². The van der Waals surface area contributed by atoms with Crippen molar-refractivity contribution in [3.8, 4) is 0 Å². The Balaban J connectivity index is 3.23. The van der Waals surface area contributed by atoms with Gasteiger partial charge in [-0.15, -0.1) is 0 Å². The van der Waals surface area contributed by atoms with Crippen LogP contribution in [0.2, 0.25) is 0 Å². The summed E-state index contributed by atoms with van der Waals surface area (Å²) in [6.45, 7) is 6.30. The number of nitrogens with one attached hydrogen (secondary N) is 1. The van der Waals surface area contributed by atoms with Crippen LogP contribution in [-0.4, -0.2) is 30.8 Å². The molecule has 1 atom stereocenters. The van der Waals surface area contributed by atoms with Gasteiger partial charge in [-0.05, 0) is 39.3 Å². The monoisotopic (exact) mass is 251 g/mol. The third-order valence-corrected chi connectivity index (χ3v) is 3.88. The highest BCUT2D eigenvalue weighted by Crippen LogP contribution is 2.42. The molecule has 0 spiro atoms. The number of hydrogen-bond donors (Lipinski definition) is 2. The lowest BCUT2D eigenvalue weighted by atomic mass is 10.2. The molecule has 0 radical (unpaired) electrons. The van der Waals surface area contributed by atoms with Gasteiger partial charge in [-0.1, -0.05) is 19.8 Å². The van der Waals surface area contributed by atoms with Gasteiger partial charge in [-0.3, -0.25) is 4.57 Å². The Morgan fingerprint density at radius 1 is 1.12 bits per heavy atom. The molecule has 0 aromatic carbocycles. The molecule has 2 N–H and O–H groups in total. The molecule has 0 saturated heterocycles. The molecule has 16 heavy (non-hydrogen) atoms. The Labute approximate surface area is 99.3 Å². The van der Waals surface area contributed by atoms with Crippen molar-refractivity contribution in [2.24, 2.45) is 0 Å². The third-order valence-electron chi connectivity index (χ3n) is 2.33. The predicted molar refractivity (Wildman–Crippen MR) is 67.9 cm³/mol. The summed E-state index contributed by atoms with van der Waals surface area (Å²) in [7, 11) is -3.28. The van der Waals surface area contributed by atoms with Gasteiger partial charge >= 0.3 is 7.60 Å². The molecule has 0 saturated carbocycles. The van der Waals surface area contributed by atoms with Crippen LogP contribution in [-0.2, 0) is 9.09 Å². The maximum Gasteiger partial charge on any atom is 0.328 e. The second-order valence-corrected chi connectivity index (χ2v) is 5.92. The Hall–Kier alpha value is 0.110. The Kier molecular flexibility index (Phi) is 10.3. The van der Waals surface area contributed by atoms with Crippen molar-refractivity contribution >= 4 is 7.60 Å². The van der Waals surface area contributed by atoms with E-state index in [1.54, 1.807) is 6.92 Å². The first-order valence-electron chi connectivity index (χ1n) is 6.29. The maximum atomic E-state index is 11.3. The molecular formula is C11H26NO3P. The summed E-state index contributed by atoms with van der Waals surface area (Å²) < 4.78 is 16.1. The summed E-state index contributed by atoms with van der Waals surface area (Å²) >= 11 is 0. The zero-order chi connectivity index (χ0) is 12.3. The van der Waals surface area contributed by atoms with E-state index in [9.17, 15) is 9.46 Å². The quantitative estimate of drug-likeness (QED) is 0.438. The van der Waals surface area contributed by atoms with Gasteiger partial charge in [-0.2, -0.15) is 0 Å². The summed E-state index contributed by atoms with van der Waals surface area (Å²) in [6, 6.07) is 0. The fourth-order valence-electron chi connectivity index (χ4n) is 1.43. The summed E-state index contributed by atoms with van der Waals surface area (Å²) in [4.78, 5) is 9.30. The van der Waals surface area contributed by atoms with Crippen molar-refractivity contribution < 1.29 is 14.0 Å². The maximum absolute atomic E-state index is 11.3. The summed E-state index contributed by atoms with van der Waals surface area (Å²) in [6.07, 6.45) is 5.54. The molecule has 1 unspecified atom stereocenters. The fourth-order valence-corrected chi connectivity index (χ4v) is 2.59. The van der Waals surface area contributed by atoms with Crippen LogP contribution in [0.5, 0.6) is 0 Å². The molecular weight excluding hydrogens is 225 g/mol. The van der Waals surface area contributed by atoms with Crippen LogP contribution >= 0.6 is 7.60 Å². The molecule has 0 aliphatic rings. The smallest absolute Gasteiger partial charge is 0.324 e. The van der Waals surface area contributed by atoms with Gasteiger partial charge in [0.25, 0.3) is 0 Å². The highest BCUT2D eigenvalue weighted by Gasteiger charge is 2.16. The van der Waals surface area contributed by atoms with E-state index in [4.69, 9.17) is 4.52 Å². The normalized spacial score (nSPS) is 14.9. The van der Waals surface area contributed by atoms with Gasteiger partial charge < -0.3 is 14.7 Å². The van der Waals surface area contributed by atoms with E-state index in [0.29, 0.717) is 6.61 Å². The van der Waals surface area contributed by atoms with Crippen molar-refractivity contribution in [1.82, 2.24) is 5.32 Å². The average molecular weight is 251 g/mol. The Morgan fingerprint density at radius 2 is 1.81 bits per heavy atom. The zero-order valence-electron chi connectivity index (χ0n) is 10.6. The fraction of sp³-hybridized carbons (Fsp3) is 1.00. The second-order valence-electron chi connectivity index (χ2n) is 3.94. The molecule has 98 valence electrons. The molecule has 0 aliphatic carbocycles. The predicted octanol–water partition coefficient (Wildman–Crippen LogP) is 2.77. The van der Waals surface area contributed by atoms with E-state index in [2.05, 4.69) is 12.2 Å². The average Bonchev–Trinajstić information content (AvgIpc) is 2.22. The van der Waals surface area contributed by atoms with Crippen molar-refractivity contribution in [1.29, 1.82) is 0 Å². The van der Waals surface area contributed by atoms with E-state index in [1.807, 2.05) is 0 Å². The topological polar surface area (TPSA) is 58.6 Å². The third kappa shape index (κ3) is 10.6. The molecule has 0 aliphatic heterocycles. The summed E-state index contributed by atoms with van der Waals surface area (Å²) in [5.41, 5.74) is 0. The summed E-state index contributed by atoms with van der Waals surface area (Å²) in [5, 5.41) is 3.35. The van der Waals surface area contributed by atoms with E-state index in [-0.39, 0.29) is 6.16 Å². The SMILES string of the molecule is CCCCNCCCCCP(=O)(O)OCC.